The molecule has 164 valence electrons. The van der Waals surface area contributed by atoms with Crippen LogP contribution in [0.4, 0.5) is 0 Å². The van der Waals surface area contributed by atoms with Crippen molar-refractivity contribution in [1.29, 1.82) is 0 Å². The van der Waals surface area contributed by atoms with Gasteiger partial charge in [0.1, 0.15) is 12.4 Å². The molecule has 0 saturated carbocycles. The minimum absolute atomic E-state index is 0.475. The van der Waals surface area contributed by atoms with Gasteiger partial charge in [-0.05, 0) is 41.5 Å². The topological polar surface area (TPSA) is 58.0 Å². The van der Waals surface area contributed by atoms with E-state index in [0.717, 1.165) is 66.7 Å². The van der Waals surface area contributed by atoms with Crippen molar-refractivity contribution in [2.75, 3.05) is 40.5 Å². The van der Waals surface area contributed by atoms with Crippen molar-refractivity contribution in [3.63, 3.8) is 0 Å². The summed E-state index contributed by atoms with van der Waals surface area (Å²) in [6, 6.07) is 14.3. The molecule has 1 aliphatic heterocycles. The zero-order chi connectivity index (χ0) is 21.6. The Kier molecular flexibility index (Phi) is 6.74. The summed E-state index contributed by atoms with van der Waals surface area (Å²) < 4.78 is 24.4. The monoisotopic (exact) mass is 423 g/mol. The Labute approximate surface area is 183 Å². The van der Waals surface area contributed by atoms with E-state index in [1.165, 1.54) is 0 Å². The van der Waals surface area contributed by atoms with Gasteiger partial charge in [0.05, 0.1) is 33.1 Å². The molecular weight excluding hydrogens is 394 g/mol. The number of hydrogen-bond donors (Lipinski definition) is 0. The fourth-order valence-electron chi connectivity index (χ4n) is 3.73. The first-order valence-corrected chi connectivity index (χ1v) is 10.4. The molecular formula is C24H29N3O4. The van der Waals surface area contributed by atoms with E-state index in [1.54, 1.807) is 20.4 Å². The molecule has 1 aromatic heterocycles. The molecule has 1 aliphatic rings. The number of aryl methyl sites for hydroxylation is 1. The van der Waals surface area contributed by atoms with Crippen LogP contribution in [0.25, 0.3) is 11.1 Å². The molecule has 1 fully saturated rings. The van der Waals surface area contributed by atoms with Crippen LogP contribution in [-0.2, 0) is 24.9 Å². The van der Waals surface area contributed by atoms with Gasteiger partial charge in [-0.3, -0.25) is 9.58 Å². The lowest BCUT2D eigenvalue weighted by atomic mass is 10.0. The molecule has 1 saturated heterocycles. The molecule has 0 atom stereocenters. The van der Waals surface area contributed by atoms with E-state index in [-0.39, 0.29) is 0 Å². The third-order valence-corrected chi connectivity index (χ3v) is 5.57. The lowest BCUT2D eigenvalue weighted by Crippen LogP contribution is -2.35. The molecule has 0 N–H and O–H groups in total. The Balaban J connectivity index is 1.62. The SMILES string of the molecule is COc1ccc(-c2ccc(OCc3ccnn3C)c(CN3CCOCC3)c2)cc1OC. The number of aromatic nitrogens is 2. The Morgan fingerprint density at radius 1 is 0.903 bits per heavy atom. The largest absolute Gasteiger partial charge is 0.493 e. The molecule has 2 heterocycles. The summed E-state index contributed by atoms with van der Waals surface area (Å²) in [5, 5.41) is 4.22. The van der Waals surface area contributed by atoms with Crippen molar-refractivity contribution in [3.8, 4) is 28.4 Å². The summed E-state index contributed by atoms with van der Waals surface area (Å²) in [5.41, 5.74) is 4.36. The number of rotatable bonds is 8. The lowest BCUT2D eigenvalue weighted by Gasteiger charge is -2.27. The third-order valence-electron chi connectivity index (χ3n) is 5.57. The predicted molar refractivity (Wildman–Crippen MR) is 119 cm³/mol. The Bertz CT molecular complexity index is 1010. The standard InChI is InChI=1S/C24H29N3O4/c1-26-21(8-9-25-26)17-31-22-6-4-18(14-20(22)16-27-10-12-30-13-11-27)19-5-7-23(28-2)24(15-19)29-3/h4-9,14-15H,10-13,16-17H2,1-3H3. The minimum atomic E-state index is 0.475. The van der Waals surface area contributed by atoms with Crippen LogP contribution in [0.5, 0.6) is 17.2 Å². The van der Waals surface area contributed by atoms with Gasteiger partial charge < -0.3 is 18.9 Å². The fourth-order valence-corrected chi connectivity index (χ4v) is 3.73. The van der Waals surface area contributed by atoms with E-state index in [2.05, 4.69) is 28.2 Å². The first-order chi connectivity index (χ1) is 15.2. The molecule has 0 aliphatic carbocycles. The zero-order valence-corrected chi connectivity index (χ0v) is 18.3. The maximum absolute atomic E-state index is 6.21. The van der Waals surface area contributed by atoms with Gasteiger partial charge in [0.15, 0.2) is 11.5 Å². The number of methoxy groups -OCH3 is 2. The average molecular weight is 424 g/mol. The number of benzene rings is 2. The molecule has 2 aromatic carbocycles. The Morgan fingerprint density at radius 2 is 1.61 bits per heavy atom. The van der Waals surface area contributed by atoms with Crippen molar-refractivity contribution in [2.24, 2.45) is 7.05 Å². The minimum Gasteiger partial charge on any atom is -0.493 e. The highest BCUT2D eigenvalue weighted by atomic mass is 16.5. The van der Waals surface area contributed by atoms with E-state index in [0.29, 0.717) is 12.4 Å². The van der Waals surface area contributed by atoms with E-state index < -0.39 is 0 Å². The highest BCUT2D eigenvalue weighted by Crippen LogP contribution is 2.34. The second-order valence-electron chi connectivity index (χ2n) is 7.52. The lowest BCUT2D eigenvalue weighted by molar-refractivity contribution is 0.0337. The molecule has 0 spiro atoms. The van der Waals surface area contributed by atoms with Crippen molar-refractivity contribution < 1.29 is 18.9 Å². The van der Waals surface area contributed by atoms with E-state index in [1.807, 2.05) is 36.0 Å². The van der Waals surface area contributed by atoms with Crippen LogP contribution in [0.15, 0.2) is 48.7 Å². The van der Waals surface area contributed by atoms with Gasteiger partial charge in [0.2, 0.25) is 0 Å². The maximum Gasteiger partial charge on any atom is 0.161 e. The smallest absolute Gasteiger partial charge is 0.161 e. The van der Waals surface area contributed by atoms with Crippen LogP contribution >= 0.6 is 0 Å². The quantitative estimate of drug-likeness (QED) is 0.553. The highest BCUT2D eigenvalue weighted by molar-refractivity contribution is 5.69. The summed E-state index contributed by atoms with van der Waals surface area (Å²) >= 11 is 0. The second-order valence-corrected chi connectivity index (χ2v) is 7.52. The van der Waals surface area contributed by atoms with Crippen molar-refractivity contribution in [1.82, 2.24) is 14.7 Å². The van der Waals surface area contributed by atoms with Gasteiger partial charge in [0, 0.05) is 38.4 Å². The molecule has 7 heteroatoms. The molecule has 0 bridgehead atoms. The fraction of sp³-hybridized carbons (Fsp3) is 0.375. The first kappa shape index (κ1) is 21.2. The van der Waals surface area contributed by atoms with E-state index >= 15 is 0 Å². The summed E-state index contributed by atoms with van der Waals surface area (Å²) in [4.78, 5) is 2.40. The van der Waals surface area contributed by atoms with Gasteiger partial charge in [0.25, 0.3) is 0 Å². The van der Waals surface area contributed by atoms with Gasteiger partial charge in [-0.25, -0.2) is 0 Å². The van der Waals surface area contributed by atoms with Crippen molar-refractivity contribution in [2.45, 2.75) is 13.2 Å². The highest BCUT2D eigenvalue weighted by Gasteiger charge is 2.16. The summed E-state index contributed by atoms with van der Waals surface area (Å²) in [7, 11) is 5.22. The van der Waals surface area contributed by atoms with Crippen molar-refractivity contribution >= 4 is 0 Å². The molecule has 3 aromatic rings. The van der Waals surface area contributed by atoms with Crippen LogP contribution < -0.4 is 14.2 Å². The van der Waals surface area contributed by atoms with Crippen LogP contribution in [-0.4, -0.2) is 55.2 Å². The number of ether oxygens (including phenoxy) is 4. The second kappa shape index (κ2) is 9.85. The van der Waals surface area contributed by atoms with Gasteiger partial charge in [-0.15, -0.1) is 0 Å². The van der Waals surface area contributed by atoms with Crippen LogP contribution in [0.1, 0.15) is 11.3 Å². The summed E-state index contributed by atoms with van der Waals surface area (Å²) in [6.07, 6.45) is 1.79. The summed E-state index contributed by atoms with van der Waals surface area (Å²) in [6.45, 7) is 4.65. The zero-order valence-electron chi connectivity index (χ0n) is 18.3. The Hall–Kier alpha value is -3.03. The van der Waals surface area contributed by atoms with E-state index in [9.17, 15) is 0 Å². The van der Waals surface area contributed by atoms with Gasteiger partial charge in [-0.1, -0.05) is 12.1 Å². The number of nitrogens with zero attached hydrogens (tertiary/aromatic N) is 3. The number of morpholine rings is 1. The molecule has 0 amide bonds. The molecule has 7 nitrogen and oxygen atoms in total. The van der Waals surface area contributed by atoms with E-state index in [4.69, 9.17) is 18.9 Å². The molecule has 4 rings (SSSR count). The van der Waals surface area contributed by atoms with Crippen LogP contribution in [0.3, 0.4) is 0 Å². The Morgan fingerprint density at radius 3 is 2.29 bits per heavy atom. The average Bonchev–Trinajstić information content (AvgIpc) is 3.23. The first-order valence-electron chi connectivity index (χ1n) is 10.4. The molecule has 0 unspecified atom stereocenters. The normalized spacial score (nSPS) is 14.4. The third kappa shape index (κ3) is 5.00. The van der Waals surface area contributed by atoms with Crippen LogP contribution in [0, 0.1) is 0 Å². The number of hydrogen-bond acceptors (Lipinski definition) is 6. The predicted octanol–water partition coefficient (Wildman–Crippen LogP) is 3.52. The molecule has 31 heavy (non-hydrogen) atoms. The van der Waals surface area contributed by atoms with Crippen molar-refractivity contribution in [3.05, 3.63) is 59.9 Å². The van der Waals surface area contributed by atoms with Gasteiger partial charge in [-0.2, -0.15) is 5.10 Å². The maximum atomic E-state index is 6.21. The summed E-state index contributed by atoms with van der Waals surface area (Å²) in [5.74, 6) is 2.32. The van der Waals surface area contributed by atoms with Gasteiger partial charge >= 0.3 is 0 Å². The van der Waals surface area contributed by atoms with Crippen LogP contribution in [0.2, 0.25) is 0 Å². The molecule has 0 radical (unpaired) electrons.